The molecule has 0 saturated heterocycles. The van der Waals surface area contributed by atoms with Crippen LogP contribution < -0.4 is 5.73 Å². The molecule has 0 heterocycles. The van der Waals surface area contributed by atoms with Crippen LogP contribution in [0.5, 0.6) is 0 Å². The number of rotatable bonds is 6. The van der Waals surface area contributed by atoms with Gasteiger partial charge in [-0.3, -0.25) is 4.79 Å². The first kappa shape index (κ1) is 16.8. The maximum absolute atomic E-state index is 12.7. The molecule has 6 nitrogen and oxygen atoms in total. The van der Waals surface area contributed by atoms with E-state index >= 15 is 0 Å². The summed E-state index contributed by atoms with van der Waals surface area (Å²) < 4.78 is 26.5. The molecule has 0 aromatic heterocycles. The summed E-state index contributed by atoms with van der Waals surface area (Å²) in [6, 6.07) is 6.41. The van der Waals surface area contributed by atoms with Crippen LogP contribution in [0.4, 0.5) is 5.69 Å². The molecule has 2 rings (SSSR count). The zero-order chi connectivity index (χ0) is 16.2. The zero-order valence-corrected chi connectivity index (χ0v) is 13.3. The lowest BCUT2D eigenvalue weighted by atomic mass is 9.95. The molecule has 7 heteroatoms. The van der Waals surface area contributed by atoms with E-state index in [1.54, 1.807) is 24.3 Å². The lowest BCUT2D eigenvalue weighted by molar-refractivity contribution is -0.137. The van der Waals surface area contributed by atoms with Gasteiger partial charge in [0.05, 0.1) is 5.75 Å². The third-order valence-corrected chi connectivity index (χ3v) is 5.80. The molecule has 22 heavy (non-hydrogen) atoms. The van der Waals surface area contributed by atoms with Crippen molar-refractivity contribution < 1.29 is 18.3 Å². The number of nitrogens with zero attached hydrogens (tertiary/aromatic N) is 1. The summed E-state index contributed by atoms with van der Waals surface area (Å²) in [5, 5.41) is 9.06. The third kappa shape index (κ3) is 4.45. The van der Waals surface area contributed by atoms with Crippen LogP contribution in [0.25, 0.3) is 0 Å². The highest BCUT2D eigenvalue weighted by Crippen LogP contribution is 2.26. The number of hydrogen-bond donors (Lipinski definition) is 2. The van der Waals surface area contributed by atoms with E-state index < -0.39 is 22.5 Å². The Morgan fingerprint density at radius 2 is 1.77 bits per heavy atom. The molecule has 1 aliphatic rings. The van der Waals surface area contributed by atoms with Gasteiger partial charge >= 0.3 is 5.97 Å². The summed E-state index contributed by atoms with van der Waals surface area (Å²) in [7, 11) is -3.67. The van der Waals surface area contributed by atoms with Crippen LogP contribution in [0.15, 0.2) is 24.3 Å². The summed E-state index contributed by atoms with van der Waals surface area (Å²) in [6.45, 7) is -0.470. The van der Waals surface area contributed by atoms with Gasteiger partial charge in [-0.05, 0) is 30.5 Å². The van der Waals surface area contributed by atoms with Crippen LogP contribution in [0, 0.1) is 0 Å². The Bertz CT molecular complexity index is 607. The molecule has 0 spiro atoms. The van der Waals surface area contributed by atoms with E-state index in [0.717, 1.165) is 32.1 Å². The monoisotopic (exact) mass is 326 g/mol. The van der Waals surface area contributed by atoms with Gasteiger partial charge in [0, 0.05) is 11.7 Å². The number of aliphatic carboxylic acids is 1. The van der Waals surface area contributed by atoms with E-state index in [9.17, 15) is 13.2 Å². The number of benzene rings is 1. The predicted octanol–water partition coefficient (Wildman–Crippen LogP) is 1.82. The Morgan fingerprint density at radius 3 is 2.32 bits per heavy atom. The van der Waals surface area contributed by atoms with Gasteiger partial charge in [0.1, 0.15) is 6.54 Å². The molecule has 0 amide bonds. The van der Waals surface area contributed by atoms with Crippen molar-refractivity contribution in [2.45, 2.75) is 43.9 Å². The van der Waals surface area contributed by atoms with Crippen molar-refractivity contribution in [3.05, 3.63) is 29.8 Å². The lowest BCUT2D eigenvalue weighted by Gasteiger charge is -2.32. The van der Waals surface area contributed by atoms with Gasteiger partial charge in [0.25, 0.3) is 0 Å². The van der Waals surface area contributed by atoms with Crippen LogP contribution in [-0.4, -0.2) is 36.4 Å². The van der Waals surface area contributed by atoms with Crippen LogP contribution >= 0.6 is 0 Å². The Kier molecular flexibility index (Phi) is 5.42. The molecule has 3 N–H and O–H groups in total. The minimum Gasteiger partial charge on any atom is -0.480 e. The predicted molar refractivity (Wildman–Crippen MR) is 84.7 cm³/mol. The third-order valence-electron chi connectivity index (χ3n) is 3.96. The first-order valence-corrected chi connectivity index (χ1v) is 9.05. The van der Waals surface area contributed by atoms with Crippen molar-refractivity contribution >= 4 is 21.7 Å². The highest BCUT2D eigenvalue weighted by Gasteiger charge is 2.32. The quantitative estimate of drug-likeness (QED) is 0.777. The molecule has 1 aromatic carbocycles. The number of nitrogen functional groups attached to an aromatic ring is 1. The molecule has 0 bridgehead atoms. The normalized spacial score (nSPS) is 16.8. The summed E-state index contributed by atoms with van der Waals surface area (Å²) in [4.78, 5) is 11.1. The van der Waals surface area contributed by atoms with E-state index in [1.165, 1.54) is 4.31 Å². The van der Waals surface area contributed by atoms with Crippen LogP contribution in [0.2, 0.25) is 0 Å². The standard InChI is InChI=1S/C15H22N2O4S/c16-13-8-6-12(7-9-13)11-22(20,21)17(10-15(18)19)14-4-2-1-3-5-14/h6-9,14H,1-5,10-11,16H2,(H,18,19). The highest BCUT2D eigenvalue weighted by atomic mass is 32.2. The number of carboxylic acids is 1. The Hall–Kier alpha value is -1.60. The van der Waals surface area contributed by atoms with Crippen molar-refractivity contribution in [2.24, 2.45) is 0 Å². The van der Waals surface area contributed by atoms with E-state index in [0.29, 0.717) is 11.3 Å². The summed E-state index contributed by atoms with van der Waals surface area (Å²) in [5.74, 6) is -1.32. The van der Waals surface area contributed by atoms with Crippen LogP contribution in [-0.2, 0) is 20.6 Å². The number of nitrogens with two attached hydrogens (primary N) is 1. The molecule has 122 valence electrons. The number of hydrogen-bond acceptors (Lipinski definition) is 4. The molecule has 0 radical (unpaired) electrons. The molecule has 0 atom stereocenters. The minimum absolute atomic E-state index is 0.197. The molecule has 0 unspecified atom stereocenters. The molecular weight excluding hydrogens is 304 g/mol. The Morgan fingerprint density at radius 1 is 1.18 bits per heavy atom. The second-order valence-corrected chi connectivity index (χ2v) is 7.65. The van der Waals surface area contributed by atoms with Crippen LogP contribution in [0.3, 0.4) is 0 Å². The summed E-state index contributed by atoms with van der Waals surface area (Å²) in [6.07, 6.45) is 4.42. The van der Waals surface area contributed by atoms with Gasteiger partial charge in [-0.1, -0.05) is 31.4 Å². The first-order valence-electron chi connectivity index (χ1n) is 7.44. The fourth-order valence-corrected chi connectivity index (χ4v) is 4.62. The van der Waals surface area contributed by atoms with Crippen LogP contribution in [0.1, 0.15) is 37.7 Å². The van der Waals surface area contributed by atoms with E-state index in [4.69, 9.17) is 10.8 Å². The largest absolute Gasteiger partial charge is 0.480 e. The Balaban J connectivity index is 2.19. The molecule has 0 aliphatic heterocycles. The maximum atomic E-state index is 12.7. The van der Waals surface area contributed by atoms with Gasteiger partial charge in [-0.25, -0.2) is 8.42 Å². The van der Waals surface area contributed by atoms with E-state index in [1.807, 2.05) is 0 Å². The number of anilines is 1. The van der Waals surface area contributed by atoms with Crippen molar-refractivity contribution in [3.63, 3.8) is 0 Å². The first-order chi connectivity index (χ1) is 10.4. The molecule has 1 fully saturated rings. The number of carbonyl (C=O) groups is 1. The van der Waals surface area contributed by atoms with E-state index in [2.05, 4.69) is 0 Å². The van der Waals surface area contributed by atoms with Crippen molar-refractivity contribution in [1.29, 1.82) is 0 Å². The molecule has 1 aromatic rings. The second-order valence-electron chi connectivity index (χ2n) is 5.73. The average Bonchev–Trinajstić information content (AvgIpc) is 2.47. The van der Waals surface area contributed by atoms with Gasteiger partial charge in [0.2, 0.25) is 10.0 Å². The van der Waals surface area contributed by atoms with E-state index in [-0.39, 0.29) is 11.8 Å². The smallest absolute Gasteiger partial charge is 0.318 e. The second kappa shape index (κ2) is 7.11. The minimum atomic E-state index is -3.67. The van der Waals surface area contributed by atoms with Crippen molar-refractivity contribution in [2.75, 3.05) is 12.3 Å². The molecule has 1 aliphatic carbocycles. The summed E-state index contributed by atoms with van der Waals surface area (Å²) >= 11 is 0. The topological polar surface area (TPSA) is 101 Å². The fraction of sp³-hybridized carbons (Fsp3) is 0.533. The van der Waals surface area contributed by atoms with Gasteiger partial charge in [-0.2, -0.15) is 4.31 Å². The summed E-state index contributed by atoms with van der Waals surface area (Å²) in [5.41, 5.74) is 6.77. The Labute approximate surface area is 131 Å². The highest BCUT2D eigenvalue weighted by molar-refractivity contribution is 7.88. The lowest BCUT2D eigenvalue weighted by Crippen LogP contribution is -2.44. The SMILES string of the molecule is Nc1ccc(CS(=O)(=O)N(CC(=O)O)C2CCCCC2)cc1. The zero-order valence-electron chi connectivity index (χ0n) is 12.4. The van der Waals surface area contributed by atoms with Crippen molar-refractivity contribution in [1.82, 2.24) is 4.31 Å². The maximum Gasteiger partial charge on any atom is 0.318 e. The van der Waals surface area contributed by atoms with Crippen molar-refractivity contribution in [3.8, 4) is 0 Å². The average molecular weight is 326 g/mol. The van der Waals surface area contributed by atoms with Gasteiger partial charge in [0.15, 0.2) is 0 Å². The number of carboxylic acid groups (broad SMARTS) is 1. The van der Waals surface area contributed by atoms with Gasteiger partial charge in [-0.15, -0.1) is 0 Å². The number of sulfonamides is 1. The molecular formula is C15H22N2O4S. The van der Waals surface area contributed by atoms with Gasteiger partial charge < -0.3 is 10.8 Å². The fourth-order valence-electron chi connectivity index (χ4n) is 2.86. The molecule has 1 saturated carbocycles.